The molecule has 4 nitrogen and oxygen atoms in total. The summed E-state index contributed by atoms with van der Waals surface area (Å²) in [5.41, 5.74) is 0. The second-order valence-corrected chi connectivity index (χ2v) is 5.69. The Balaban J connectivity index is 1.74. The number of hydrogen-bond acceptors (Lipinski definition) is 3. The van der Waals surface area contributed by atoms with Gasteiger partial charge in [-0.15, -0.1) is 0 Å². The van der Waals surface area contributed by atoms with Gasteiger partial charge in [-0.2, -0.15) is 0 Å². The molecule has 0 saturated heterocycles. The fraction of sp³-hybridized carbons (Fsp3) is 0.588. The topological polar surface area (TPSA) is 47.6 Å². The predicted octanol–water partition coefficient (Wildman–Crippen LogP) is 3.16. The van der Waals surface area contributed by atoms with Crippen molar-refractivity contribution >= 4 is 5.91 Å². The molecule has 1 amide bonds. The molecular weight excluding hydrogens is 266 g/mol. The van der Waals surface area contributed by atoms with Gasteiger partial charge in [0, 0.05) is 6.04 Å². The summed E-state index contributed by atoms with van der Waals surface area (Å²) in [6.45, 7) is 2.59. The number of rotatable bonds is 6. The highest BCUT2D eigenvalue weighted by molar-refractivity contribution is 5.76. The number of para-hydroxylation sites is 2. The van der Waals surface area contributed by atoms with Crippen LogP contribution in [0.25, 0.3) is 0 Å². The SMILES string of the molecule is COc1ccccc1OCCC(=O)N[C@H]1CCCC[C@@H]1C. The molecule has 0 heterocycles. The normalized spacial score (nSPS) is 21.6. The molecule has 1 N–H and O–H groups in total. The van der Waals surface area contributed by atoms with E-state index in [1.165, 1.54) is 19.3 Å². The smallest absolute Gasteiger partial charge is 0.223 e. The van der Waals surface area contributed by atoms with Crippen LogP contribution >= 0.6 is 0 Å². The molecule has 0 aliphatic heterocycles. The van der Waals surface area contributed by atoms with Crippen molar-refractivity contribution in [3.8, 4) is 11.5 Å². The highest BCUT2D eigenvalue weighted by atomic mass is 16.5. The molecule has 21 heavy (non-hydrogen) atoms. The van der Waals surface area contributed by atoms with Crippen LogP contribution in [0.5, 0.6) is 11.5 Å². The zero-order valence-corrected chi connectivity index (χ0v) is 12.9. The van der Waals surface area contributed by atoms with Gasteiger partial charge in [0.15, 0.2) is 11.5 Å². The Morgan fingerprint density at radius 2 is 1.95 bits per heavy atom. The van der Waals surface area contributed by atoms with Crippen molar-refractivity contribution in [2.75, 3.05) is 13.7 Å². The molecule has 1 aromatic rings. The van der Waals surface area contributed by atoms with Gasteiger partial charge in [0.1, 0.15) is 0 Å². The number of hydrogen-bond donors (Lipinski definition) is 1. The summed E-state index contributed by atoms with van der Waals surface area (Å²) in [5.74, 6) is 2.03. The molecule has 1 saturated carbocycles. The Morgan fingerprint density at radius 1 is 1.24 bits per heavy atom. The number of methoxy groups -OCH3 is 1. The molecule has 0 unspecified atom stereocenters. The standard InChI is InChI=1S/C17H25NO3/c1-13-7-3-4-8-14(13)18-17(19)11-12-21-16-10-6-5-9-15(16)20-2/h5-6,9-10,13-14H,3-4,7-8,11-12H2,1-2H3,(H,18,19)/t13-,14-/m0/s1. The second kappa shape index (κ2) is 7.91. The lowest BCUT2D eigenvalue weighted by Gasteiger charge is -2.29. The molecule has 1 aromatic carbocycles. The molecule has 1 aliphatic carbocycles. The van der Waals surface area contributed by atoms with Crippen molar-refractivity contribution in [3.05, 3.63) is 24.3 Å². The first kappa shape index (κ1) is 15.7. The van der Waals surface area contributed by atoms with Crippen LogP contribution in [0.2, 0.25) is 0 Å². The molecule has 0 radical (unpaired) electrons. The van der Waals surface area contributed by atoms with E-state index in [2.05, 4.69) is 12.2 Å². The maximum absolute atomic E-state index is 12.0. The molecule has 1 aliphatic rings. The van der Waals surface area contributed by atoms with Crippen molar-refractivity contribution < 1.29 is 14.3 Å². The number of carbonyl (C=O) groups is 1. The Bertz CT molecular complexity index is 461. The van der Waals surface area contributed by atoms with Gasteiger partial charge < -0.3 is 14.8 Å². The Hall–Kier alpha value is -1.71. The molecule has 2 rings (SSSR count). The highest BCUT2D eigenvalue weighted by Crippen LogP contribution is 2.26. The first-order valence-corrected chi connectivity index (χ1v) is 7.76. The van der Waals surface area contributed by atoms with Crippen molar-refractivity contribution in [1.82, 2.24) is 5.32 Å². The quantitative estimate of drug-likeness (QED) is 0.876. The van der Waals surface area contributed by atoms with Gasteiger partial charge in [-0.25, -0.2) is 0 Å². The average Bonchev–Trinajstić information content (AvgIpc) is 2.50. The fourth-order valence-corrected chi connectivity index (χ4v) is 2.80. The van der Waals surface area contributed by atoms with Gasteiger partial charge in [0.05, 0.1) is 20.1 Å². The van der Waals surface area contributed by atoms with E-state index < -0.39 is 0 Å². The lowest BCUT2D eigenvalue weighted by Crippen LogP contribution is -2.41. The molecule has 1 fully saturated rings. The van der Waals surface area contributed by atoms with Crippen LogP contribution in [0, 0.1) is 5.92 Å². The molecule has 0 aromatic heterocycles. The summed E-state index contributed by atoms with van der Waals surface area (Å²) in [4.78, 5) is 12.0. The third-order valence-corrected chi connectivity index (χ3v) is 4.11. The number of nitrogens with one attached hydrogen (secondary N) is 1. The van der Waals surface area contributed by atoms with Crippen LogP contribution in [-0.2, 0) is 4.79 Å². The molecule has 4 heteroatoms. The van der Waals surface area contributed by atoms with E-state index in [9.17, 15) is 4.79 Å². The summed E-state index contributed by atoms with van der Waals surface area (Å²) in [5, 5.41) is 3.13. The molecule has 0 spiro atoms. The van der Waals surface area contributed by atoms with Crippen LogP contribution < -0.4 is 14.8 Å². The van der Waals surface area contributed by atoms with Gasteiger partial charge in [0.2, 0.25) is 5.91 Å². The van der Waals surface area contributed by atoms with Gasteiger partial charge in [0.25, 0.3) is 0 Å². The first-order chi connectivity index (χ1) is 10.2. The monoisotopic (exact) mass is 291 g/mol. The molecule has 0 bridgehead atoms. The summed E-state index contributed by atoms with van der Waals surface area (Å²) in [6.07, 6.45) is 5.18. The van der Waals surface area contributed by atoms with Crippen LogP contribution in [-0.4, -0.2) is 25.7 Å². The summed E-state index contributed by atoms with van der Waals surface area (Å²) < 4.78 is 10.8. The summed E-state index contributed by atoms with van der Waals surface area (Å²) >= 11 is 0. The second-order valence-electron chi connectivity index (χ2n) is 5.69. The minimum absolute atomic E-state index is 0.0728. The molecule has 116 valence electrons. The van der Waals surface area contributed by atoms with Gasteiger partial charge >= 0.3 is 0 Å². The lowest BCUT2D eigenvalue weighted by molar-refractivity contribution is -0.122. The van der Waals surface area contributed by atoms with Crippen molar-refractivity contribution in [1.29, 1.82) is 0 Å². The summed E-state index contributed by atoms with van der Waals surface area (Å²) in [7, 11) is 1.61. The van der Waals surface area contributed by atoms with Gasteiger partial charge in [-0.3, -0.25) is 4.79 Å². The van der Waals surface area contributed by atoms with E-state index in [-0.39, 0.29) is 5.91 Å². The Morgan fingerprint density at radius 3 is 2.67 bits per heavy atom. The summed E-state index contributed by atoms with van der Waals surface area (Å²) in [6, 6.07) is 7.81. The third-order valence-electron chi connectivity index (χ3n) is 4.11. The molecule has 2 atom stereocenters. The minimum atomic E-state index is 0.0728. The minimum Gasteiger partial charge on any atom is -0.493 e. The van der Waals surface area contributed by atoms with E-state index in [1.54, 1.807) is 7.11 Å². The van der Waals surface area contributed by atoms with E-state index >= 15 is 0 Å². The fourth-order valence-electron chi connectivity index (χ4n) is 2.80. The van der Waals surface area contributed by atoms with Gasteiger partial charge in [-0.1, -0.05) is 31.9 Å². The number of benzene rings is 1. The van der Waals surface area contributed by atoms with E-state index in [1.807, 2.05) is 24.3 Å². The largest absolute Gasteiger partial charge is 0.493 e. The van der Waals surface area contributed by atoms with Crippen molar-refractivity contribution in [3.63, 3.8) is 0 Å². The zero-order valence-electron chi connectivity index (χ0n) is 12.9. The van der Waals surface area contributed by atoms with Crippen LogP contribution in [0.4, 0.5) is 0 Å². The first-order valence-electron chi connectivity index (χ1n) is 7.76. The van der Waals surface area contributed by atoms with Gasteiger partial charge in [-0.05, 0) is 30.9 Å². The number of amides is 1. The maximum Gasteiger partial charge on any atom is 0.223 e. The zero-order chi connectivity index (χ0) is 15.1. The highest BCUT2D eigenvalue weighted by Gasteiger charge is 2.22. The Kier molecular flexibility index (Phi) is 5.90. The lowest BCUT2D eigenvalue weighted by atomic mass is 9.86. The van der Waals surface area contributed by atoms with E-state index in [0.717, 1.165) is 6.42 Å². The number of carbonyl (C=O) groups excluding carboxylic acids is 1. The van der Waals surface area contributed by atoms with Crippen LogP contribution in [0.1, 0.15) is 39.0 Å². The average molecular weight is 291 g/mol. The number of ether oxygens (including phenoxy) is 2. The Labute approximate surface area is 126 Å². The van der Waals surface area contributed by atoms with Crippen LogP contribution in [0.3, 0.4) is 0 Å². The molecular formula is C17H25NO3. The van der Waals surface area contributed by atoms with Crippen molar-refractivity contribution in [2.24, 2.45) is 5.92 Å². The predicted molar refractivity (Wildman–Crippen MR) is 82.7 cm³/mol. The van der Waals surface area contributed by atoms with Crippen LogP contribution in [0.15, 0.2) is 24.3 Å². The van der Waals surface area contributed by atoms with E-state index in [4.69, 9.17) is 9.47 Å². The van der Waals surface area contributed by atoms with Crippen molar-refractivity contribution in [2.45, 2.75) is 45.1 Å². The van der Waals surface area contributed by atoms with E-state index in [0.29, 0.717) is 36.5 Å². The third kappa shape index (κ3) is 4.66. The maximum atomic E-state index is 12.0.